The zero-order valence-corrected chi connectivity index (χ0v) is 11.7. The fourth-order valence-corrected chi connectivity index (χ4v) is 1.95. The first-order valence-corrected chi connectivity index (χ1v) is 6.94. The van der Waals surface area contributed by atoms with Crippen LogP contribution in [0.15, 0.2) is 29.2 Å². The molecule has 7 heteroatoms. The molecule has 0 saturated heterocycles. The summed E-state index contributed by atoms with van der Waals surface area (Å²) in [5.74, 6) is -0.384. The number of carbonyl (C=O) groups excluding carboxylic acids is 1. The van der Waals surface area contributed by atoms with E-state index in [1.165, 1.54) is 38.3 Å². The number of Topliss-reactive ketones (excluding diaryl/α,β-unsaturated/α-hetero) is 1. The fraction of sp³-hybridized carbons (Fsp3) is 0.300. The first kappa shape index (κ1) is 14.3. The summed E-state index contributed by atoms with van der Waals surface area (Å²) in [6.07, 6.45) is 0. The Kier molecular flexibility index (Phi) is 4.08. The van der Waals surface area contributed by atoms with Crippen molar-refractivity contribution in [1.29, 1.82) is 0 Å². The van der Waals surface area contributed by atoms with E-state index in [2.05, 4.69) is 15.9 Å². The highest BCUT2D eigenvalue weighted by Crippen LogP contribution is 2.24. The van der Waals surface area contributed by atoms with Gasteiger partial charge >= 0.3 is 0 Å². The fourth-order valence-electron chi connectivity index (χ4n) is 1.16. The number of halogens is 1. The Morgan fingerprint density at radius 3 is 2.53 bits per heavy atom. The lowest BCUT2D eigenvalue weighted by molar-refractivity contribution is 0.0569. The van der Waals surface area contributed by atoms with Crippen LogP contribution in [0.1, 0.15) is 17.3 Å². The lowest BCUT2D eigenvalue weighted by atomic mass is 10.1. The predicted molar refractivity (Wildman–Crippen MR) is 66.5 cm³/mol. The molecule has 2 N–H and O–H groups in total. The number of ether oxygens (including phenoxy) is 1. The van der Waals surface area contributed by atoms with E-state index in [4.69, 9.17) is 9.88 Å². The highest BCUT2D eigenvalue weighted by atomic mass is 79.9. The van der Waals surface area contributed by atoms with E-state index in [1.807, 2.05) is 0 Å². The van der Waals surface area contributed by atoms with E-state index in [0.29, 0.717) is 0 Å². The second-order valence-electron chi connectivity index (χ2n) is 3.52. The molecule has 1 unspecified atom stereocenters. The summed E-state index contributed by atoms with van der Waals surface area (Å²) in [6.45, 7) is 1.53. The van der Waals surface area contributed by atoms with Crippen molar-refractivity contribution in [3.63, 3.8) is 0 Å². The SMILES string of the molecule is COC(C)(Br)C(=O)c1cccc(S(N)(=O)=O)c1. The summed E-state index contributed by atoms with van der Waals surface area (Å²) in [5, 5.41) is 4.99. The molecular weight excluding hydrogens is 310 g/mol. The molecule has 17 heavy (non-hydrogen) atoms. The minimum absolute atomic E-state index is 0.109. The summed E-state index contributed by atoms with van der Waals surface area (Å²) in [6, 6.07) is 5.49. The van der Waals surface area contributed by atoms with Crippen LogP contribution in [-0.4, -0.2) is 25.8 Å². The number of primary sulfonamides is 1. The maximum Gasteiger partial charge on any atom is 0.238 e. The largest absolute Gasteiger partial charge is 0.359 e. The standard InChI is InChI=1S/C10H12BrNO4S/c1-10(11,16-2)9(13)7-4-3-5-8(6-7)17(12,14)15/h3-6H,1-2H3,(H2,12,14,15). The van der Waals surface area contributed by atoms with Gasteiger partial charge in [0, 0.05) is 12.7 Å². The quantitative estimate of drug-likeness (QED) is 0.668. The van der Waals surface area contributed by atoms with Gasteiger partial charge in [-0.3, -0.25) is 4.79 Å². The maximum absolute atomic E-state index is 12.0. The number of hydrogen-bond acceptors (Lipinski definition) is 4. The smallest absolute Gasteiger partial charge is 0.238 e. The molecular formula is C10H12BrNO4S. The molecule has 0 radical (unpaired) electrons. The van der Waals surface area contributed by atoms with Crippen molar-refractivity contribution < 1.29 is 17.9 Å². The molecule has 0 spiro atoms. The summed E-state index contributed by atoms with van der Waals surface area (Å²) >= 11 is 3.11. The number of sulfonamides is 1. The molecule has 0 saturated carbocycles. The third-order valence-corrected chi connectivity index (χ3v) is 3.81. The molecule has 0 amide bonds. The molecule has 1 aromatic carbocycles. The zero-order chi connectivity index (χ0) is 13.3. The molecule has 0 aliphatic rings. The van der Waals surface area contributed by atoms with E-state index in [9.17, 15) is 13.2 Å². The average Bonchev–Trinajstić information content (AvgIpc) is 2.27. The Bertz CT molecular complexity index is 539. The molecule has 0 aliphatic heterocycles. The van der Waals surface area contributed by atoms with Crippen LogP contribution in [-0.2, 0) is 14.8 Å². The number of carbonyl (C=O) groups is 1. The van der Waals surface area contributed by atoms with Crippen LogP contribution in [0.25, 0.3) is 0 Å². The summed E-state index contributed by atoms with van der Waals surface area (Å²) in [4.78, 5) is 11.9. The molecule has 0 aromatic heterocycles. The van der Waals surface area contributed by atoms with E-state index in [0.717, 1.165) is 0 Å². The van der Waals surface area contributed by atoms with Gasteiger partial charge in [0.15, 0.2) is 4.51 Å². The number of nitrogens with two attached hydrogens (primary N) is 1. The lowest BCUT2D eigenvalue weighted by Crippen LogP contribution is -2.30. The monoisotopic (exact) mass is 321 g/mol. The van der Waals surface area contributed by atoms with Crippen LogP contribution >= 0.6 is 15.9 Å². The number of ketones is 1. The van der Waals surface area contributed by atoms with Crippen LogP contribution in [0.2, 0.25) is 0 Å². The Balaban J connectivity index is 3.22. The molecule has 5 nitrogen and oxygen atoms in total. The normalized spacial score (nSPS) is 15.3. The number of rotatable bonds is 4. The van der Waals surface area contributed by atoms with Crippen LogP contribution < -0.4 is 5.14 Å². The van der Waals surface area contributed by atoms with E-state index in [1.54, 1.807) is 0 Å². The number of methoxy groups -OCH3 is 1. The lowest BCUT2D eigenvalue weighted by Gasteiger charge is -2.19. The van der Waals surface area contributed by atoms with Crippen LogP contribution in [0, 0.1) is 0 Å². The third kappa shape index (κ3) is 3.35. The van der Waals surface area contributed by atoms with Crippen molar-refractivity contribution in [3.05, 3.63) is 29.8 Å². The third-order valence-electron chi connectivity index (χ3n) is 2.21. The van der Waals surface area contributed by atoms with Gasteiger partial charge in [-0.05, 0) is 35.0 Å². The second-order valence-corrected chi connectivity index (χ2v) is 6.60. The van der Waals surface area contributed by atoms with Gasteiger partial charge in [0.1, 0.15) is 0 Å². The molecule has 1 rings (SSSR count). The second kappa shape index (κ2) is 4.85. The first-order valence-electron chi connectivity index (χ1n) is 4.60. The van der Waals surface area contributed by atoms with Crippen LogP contribution in [0.5, 0.6) is 0 Å². The van der Waals surface area contributed by atoms with Gasteiger partial charge in [-0.15, -0.1) is 0 Å². The van der Waals surface area contributed by atoms with Crippen LogP contribution in [0.4, 0.5) is 0 Å². The average molecular weight is 322 g/mol. The van der Waals surface area contributed by atoms with Crippen molar-refractivity contribution in [2.24, 2.45) is 5.14 Å². The Labute approximate surface area is 108 Å². The van der Waals surface area contributed by atoms with Crippen molar-refractivity contribution in [2.45, 2.75) is 16.3 Å². The number of alkyl halides is 1. The summed E-state index contributed by atoms with van der Waals surface area (Å²) in [7, 11) is -2.45. The Hall–Kier alpha value is -0.760. The molecule has 0 heterocycles. The van der Waals surface area contributed by atoms with Gasteiger partial charge in [0.05, 0.1) is 4.90 Å². The Morgan fingerprint density at radius 2 is 2.06 bits per heavy atom. The van der Waals surface area contributed by atoms with E-state index in [-0.39, 0.29) is 16.2 Å². The van der Waals surface area contributed by atoms with Crippen molar-refractivity contribution in [3.8, 4) is 0 Å². The highest BCUT2D eigenvalue weighted by Gasteiger charge is 2.30. The number of hydrogen-bond donors (Lipinski definition) is 1. The van der Waals surface area contributed by atoms with Crippen molar-refractivity contribution >= 4 is 31.7 Å². The van der Waals surface area contributed by atoms with Crippen molar-refractivity contribution in [2.75, 3.05) is 7.11 Å². The summed E-state index contributed by atoms with van der Waals surface area (Å²) < 4.78 is 26.1. The van der Waals surface area contributed by atoms with Gasteiger partial charge in [0.2, 0.25) is 15.8 Å². The highest BCUT2D eigenvalue weighted by molar-refractivity contribution is 9.10. The van der Waals surface area contributed by atoms with Gasteiger partial charge in [-0.25, -0.2) is 13.6 Å². The van der Waals surface area contributed by atoms with Crippen LogP contribution in [0.3, 0.4) is 0 Å². The molecule has 1 atom stereocenters. The van der Waals surface area contributed by atoms with Gasteiger partial charge < -0.3 is 4.74 Å². The van der Waals surface area contributed by atoms with Gasteiger partial charge in [-0.1, -0.05) is 12.1 Å². The predicted octanol–water partition coefficient (Wildman–Crippen LogP) is 1.27. The molecule has 0 fully saturated rings. The molecule has 0 bridgehead atoms. The minimum Gasteiger partial charge on any atom is -0.359 e. The number of benzene rings is 1. The summed E-state index contributed by atoms with van der Waals surface area (Å²) in [5.41, 5.74) is 0.206. The van der Waals surface area contributed by atoms with E-state index < -0.39 is 14.5 Å². The first-order chi connectivity index (χ1) is 7.68. The molecule has 94 valence electrons. The topological polar surface area (TPSA) is 86.5 Å². The van der Waals surface area contributed by atoms with Gasteiger partial charge in [-0.2, -0.15) is 0 Å². The Morgan fingerprint density at radius 1 is 1.47 bits per heavy atom. The molecule has 0 aliphatic carbocycles. The maximum atomic E-state index is 12.0. The molecule has 1 aromatic rings. The minimum atomic E-state index is -3.82. The van der Waals surface area contributed by atoms with Gasteiger partial charge in [0.25, 0.3) is 0 Å². The van der Waals surface area contributed by atoms with E-state index >= 15 is 0 Å². The van der Waals surface area contributed by atoms with Crippen molar-refractivity contribution in [1.82, 2.24) is 0 Å². The zero-order valence-electron chi connectivity index (χ0n) is 9.31.